The number of alkyl halides is 2. The first-order valence-electron chi connectivity index (χ1n) is 12.6. The van der Waals surface area contributed by atoms with Gasteiger partial charge in [-0.3, -0.25) is 14.5 Å². The lowest BCUT2D eigenvalue weighted by molar-refractivity contribution is -0.311. The van der Waals surface area contributed by atoms with Gasteiger partial charge in [0.1, 0.15) is 11.6 Å². The van der Waals surface area contributed by atoms with Gasteiger partial charge < -0.3 is 14.8 Å². The second-order valence-electron chi connectivity index (χ2n) is 10.5. The molecule has 33 heavy (non-hydrogen) atoms. The topological polar surface area (TPSA) is 80.8 Å². The second-order valence-corrected chi connectivity index (χ2v) is 11.3. The number of carboxylic acid groups (broad SMARTS) is 1. The summed E-state index contributed by atoms with van der Waals surface area (Å²) >= 11 is 11.9. The van der Waals surface area contributed by atoms with Crippen molar-refractivity contribution < 1.29 is 19.5 Å². The average molecular weight is 503 g/mol. The highest BCUT2D eigenvalue weighted by molar-refractivity contribution is 6.18. The second kappa shape index (κ2) is 12.3. The third kappa shape index (κ3) is 6.50. The molecule has 0 N–H and O–H groups in total. The van der Waals surface area contributed by atoms with E-state index in [1.54, 1.807) is 0 Å². The van der Waals surface area contributed by atoms with Crippen LogP contribution in [0.4, 0.5) is 0 Å². The van der Waals surface area contributed by atoms with Gasteiger partial charge in [0.05, 0.1) is 11.9 Å². The third-order valence-corrected chi connectivity index (χ3v) is 8.60. The van der Waals surface area contributed by atoms with Crippen LogP contribution < -0.4 is 5.11 Å². The lowest BCUT2D eigenvalue weighted by Crippen LogP contribution is -2.61. The summed E-state index contributed by atoms with van der Waals surface area (Å²) in [6.07, 6.45) is 5.95. The molecule has 0 aromatic carbocycles. The fourth-order valence-corrected chi connectivity index (χ4v) is 6.92. The minimum Gasteiger partial charge on any atom is -0.549 e. The highest BCUT2D eigenvalue weighted by Crippen LogP contribution is 2.41. The van der Waals surface area contributed by atoms with Crippen molar-refractivity contribution in [2.75, 3.05) is 37.9 Å². The highest BCUT2D eigenvalue weighted by Gasteiger charge is 2.48. The van der Waals surface area contributed by atoms with Crippen LogP contribution in [0, 0.1) is 29.6 Å². The molecule has 1 saturated heterocycles. The molecule has 188 valence electrons. The molecule has 6 nitrogen and oxygen atoms in total. The van der Waals surface area contributed by atoms with Gasteiger partial charge in [0.15, 0.2) is 0 Å². The number of likely N-dealkylation sites (tertiary alicyclic amines) is 1. The quantitative estimate of drug-likeness (QED) is 0.338. The van der Waals surface area contributed by atoms with Crippen molar-refractivity contribution in [2.45, 2.75) is 70.9 Å². The van der Waals surface area contributed by atoms with E-state index >= 15 is 0 Å². The fraction of sp³-hybridized carbons (Fsp3) is 0.880. The zero-order valence-corrected chi connectivity index (χ0v) is 21.5. The number of Topliss-reactive ketones (excluding diaryl/α,β-unsaturated/α-hetero) is 2. The summed E-state index contributed by atoms with van der Waals surface area (Å²) in [4.78, 5) is 42.2. The van der Waals surface area contributed by atoms with E-state index in [4.69, 9.17) is 23.2 Å². The maximum Gasteiger partial charge on any atom is 0.147 e. The molecule has 1 aliphatic heterocycles. The summed E-state index contributed by atoms with van der Waals surface area (Å²) in [5.41, 5.74) is 0. The molecule has 4 atom stereocenters. The third-order valence-electron chi connectivity index (χ3n) is 8.26. The number of hydrogen-bond acceptors (Lipinski definition) is 6. The molecule has 0 radical (unpaired) electrons. The predicted octanol–water partition coefficient (Wildman–Crippen LogP) is 2.59. The van der Waals surface area contributed by atoms with Gasteiger partial charge >= 0.3 is 0 Å². The SMILES string of the molecule is CC(C)N1CC(C(=O)[O-])C(=O)C2CCC(C(=O)C3CCC(CN(CCCl)CCCl)CC3)CC21. The molecular weight excluding hydrogens is 463 g/mol. The number of fused-ring (bicyclic) bond motifs is 1. The van der Waals surface area contributed by atoms with Crippen molar-refractivity contribution in [2.24, 2.45) is 29.6 Å². The smallest absolute Gasteiger partial charge is 0.147 e. The van der Waals surface area contributed by atoms with Gasteiger partial charge in [0.25, 0.3) is 0 Å². The maximum absolute atomic E-state index is 13.4. The normalized spacial score (nSPS) is 33.3. The molecule has 0 bridgehead atoms. The van der Waals surface area contributed by atoms with Crippen LogP contribution in [0.15, 0.2) is 0 Å². The molecule has 3 aliphatic rings. The van der Waals surface area contributed by atoms with Crippen LogP contribution in [0.25, 0.3) is 0 Å². The lowest BCUT2D eigenvalue weighted by Gasteiger charge is -2.49. The molecule has 8 heteroatoms. The van der Waals surface area contributed by atoms with E-state index in [1.165, 1.54) is 0 Å². The zero-order valence-electron chi connectivity index (χ0n) is 20.0. The van der Waals surface area contributed by atoms with Gasteiger partial charge in [-0.2, -0.15) is 0 Å². The van der Waals surface area contributed by atoms with Crippen LogP contribution >= 0.6 is 23.2 Å². The van der Waals surface area contributed by atoms with Crippen LogP contribution in [0.5, 0.6) is 0 Å². The Kier molecular flexibility index (Phi) is 10.0. The molecular formula is C25H39Cl2N2O4-. The van der Waals surface area contributed by atoms with E-state index in [-0.39, 0.29) is 42.2 Å². The molecule has 3 fully saturated rings. The van der Waals surface area contributed by atoms with E-state index in [0.717, 1.165) is 45.3 Å². The average Bonchev–Trinajstić information content (AvgIpc) is 2.79. The fourth-order valence-electron chi connectivity index (χ4n) is 6.44. The molecule has 3 rings (SSSR count). The first-order valence-corrected chi connectivity index (χ1v) is 13.7. The number of carboxylic acids is 1. The molecule has 2 saturated carbocycles. The molecule has 2 aliphatic carbocycles. The van der Waals surface area contributed by atoms with Gasteiger partial charge in [-0.05, 0) is 64.7 Å². The van der Waals surface area contributed by atoms with E-state index < -0.39 is 11.9 Å². The summed E-state index contributed by atoms with van der Waals surface area (Å²) in [7, 11) is 0. The molecule has 0 aromatic rings. The van der Waals surface area contributed by atoms with Crippen molar-refractivity contribution in [1.82, 2.24) is 9.80 Å². The molecule has 0 aromatic heterocycles. The maximum atomic E-state index is 13.4. The molecule has 4 unspecified atom stereocenters. The van der Waals surface area contributed by atoms with Gasteiger partial charge in [-0.1, -0.05) is 0 Å². The Morgan fingerprint density at radius 2 is 1.64 bits per heavy atom. The summed E-state index contributed by atoms with van der Waals surface area (Å²) in [5, 5.41) is 11.5. The minimum atomic E-state index is -1.27. The van der Waals surface area contributed by atoms with Crippen molar-refractivity contribution in [3.05, 3.63) is 0 Å². The Balaban J connectivity index is 1.57. The van der Waals surface area contributed by atoms with Gasteiger partial charge in [-0.15, -0.1) is 23.2 Å². The first kappa shape index (κ1) is 26.9. The Hall–Kier alpha value is -0.690. The Morgan fingerprint density at radius 3 is 2.18 bits per heavy atom. The van der Waals surface area contributed by atoms with Crippen LogP contribution in [-0.2, 0) is 14.4 Å². The van der Waals surface area contributed by atoms with Crippen molar-refractivity contribution in [3.63, 3.8) is 0 Å². The van der Waals surface area contributed by atoms with E-state index in [0.29, 0.717) is 42.7 Å². The number of piperidine rings is 1. The standard InChI is InChI=1S/C25H40Cl2N2O4/c1-16(2)29-15-21(25(32)33)24(31)20-8-7-19(13-22(20)29)23(30)18-5-3-17(4-6-18)14-28(11-9-26)12-10-27/h16-22H,3-15H2,1-2H3,(H,32,33)/p-1. The zero-order chi connectivity index (χ0) is 24.1. The van der Waals surface area contributed by atoms with Gasteiger partial charge in [-0.25, -0.2) is 0 Å². The summed E-state index contributed by atoms with van der Waals surface area (Å²) < 4.78 is 0. The lowest BCUT2D eigenvalue weighted by atomic mass is 9.67. The predicted molar refractivity (Wildman–Crippen MR) is 128 cm³/mol. The van der Waals surface area contributed by atoms with Gasteiger partial charge in [0.2, 0.25) is 0 Å². The number of ketones is 2. The number of carbonyl (C=O) groups is 3. The van der Waals surface area contributed by atoms with Crippen molar-refractivity contribution in [3.8, 4) is 0 Å². The Bertz CT molecular complexity index is 690. The molecule has 0 spiro atoms. The minimum absolute atomic E-state index is 0.0228. The van der Waals surface area contributed by atoms with Gasteiger partial charge in [0, 0.05) is 67.8 Å². The first-order chi connectivity index (χ1) is 15.8. The monoisotopic (exact) mass is 501 g/mol. The van der Waals surface area contributed by atoms with Crippen molar-refractivity contribution in [1.29, 1.82) is 0 Å². The summed E-state index contributed by atoms with van der Waals surface area (Å²) in [5.74, 6) is -0.551. The van der Waals surface area contributed by atoms with E-state index in [1.807, 2.05) is 13.8 Å². The molecule has 0 amide bonds. The van der Waals surface area contributed by atoms with Crippen LogP contribution in [0.1, 0.15) is 58.8 Å². The number of halogens is 2. The Morgan fingerprint density at radius 1 is 1.03 bits per heavy atom. The molecule has 1 heterocycles. The van der Waals surface area contributed by atoms with Crippen LogP contribution in [0.2, 0.25) is 0 Å². The largest absolute Gasteiger partial charge is 0.549 e. The summed E-state index contributed by atoms with van der Waals surface area (Å²) in [6.45, 7) is 6.96. The van der Waals surface area contributed by atoms with Crippen LogP contribution in [-0.4, -0.2) is 77.4 Å². The number of rotatable bonds is 10. The number of carbonyl (C=O) groups excluding carboxylic acids is 3. The summed E-state index contributed by atoms with van der Waals surface area (Å²) in [6, 6.07) is 0.0902. The number of nitrogens with zero attached hydrogens (tertiary/aromatic N) is 2. The Labute approximate surface area is 208 Å². The number of hydrogen-bond donors (Lipinski definition) is 0. The van der Waals surface area contributed by atoms with E-state index in [9.17, 15) is 19.5 Å². The van der Waals surface area contributed by atoms with E-state index in [2.05, 4.69) is 9.80 Å². The number of aliphatic carboxylic acids is 1. The highest BCUT2D eigenvalue weighted by atomic mass is 35.5. The van der Waals surface area contributed by atoms with Crippen LogP contribution in [0.3, 0.4) is 0 Å². The van der Waals surface area contributed by atoms with Crippen molar-refractivity contribution >= 4 is 40.7 Å².